The van der Waals surface area contributed by atoms with E-state index < -0.39 is 0 Å². The summed E-state index contributed by atoms with van der Waals surface area (Å²) >= 11 is 0. The molecule has 1 aliphatic rings. The molecular weight excluding hydrogens is 414 g/mol. The minimum absolute atomic E-state index is 0.184. The average molecular weight is 440 g/mol. The first-order valence-electron chi connectivity index (χ1n) is 11.0. The second kappa shape index (κ2) is 9.77. The van der Waals surface area contributed by atoms with Gasteiger partial charge in [0.05, 0.1) is 24.9 Å². The molecule has 2 N–H and O–H groups in total. The summed E-state index contributed by atoms with van der Waals surface area (Å²) in [5, 5.41) is 11.0. The Morgan fingerprint density at radius 2 is 1.94 bits per heavy atom. The Morgan fingerprint density at radius 1 is 1.09 bits per heavy atom. The molecule has 0 saturated carbocycles. The molecule has 0 unspecified atom stereocenters. The maximum absolute atomic E-state index is 12.5. The minimum Gasteiger partial charge on any atom is -0.379 e. The van der Waals surface area contributed by atoms with Crippen LogP contribution in [0.3, 0.4) is 0 Å². The van der Waals surface area contributed by atoms with E-state index in [9.17, 15) is 4.79 Å². The molecule has 0 radical (unpaired) electrons. The number of morpholine rings is 1. The van der Waals surface area contributed by atoms with Crippen LogP contribution < -0.4 is 5.32 Å². The van der Waals surface area contributed by atoms with Gasteiger partial charge in [0.1, 0.15) is 0 Å². The van der Waals surface area contributed by atoms with E-state index in [-0.39, 0.29) is 5.91 Å². The number of aromatic amines is 1. The van der Waals surface area contributed by atoms with Crippen molar-refractivity contribution in [2.24, 2.45) is 0 Å². The van der Waals surface area contributed by atoms with Crippen molar-refractivity contribution in [3.63, 3.8) is 0 Å². The van der Waals surface area contributed by atoms with Gasteiger partial charge in [-0.15, -0.1) is 0 Å². The summed E-state index contributed by atoms with van der Waals surface area (Å²) in [7, 11) is 0. The zero-order valence-corrected chi connectivity index (χ0v) is 18.2. The molecule has 3 heterocycles. The summed E-state index contributed by atoms with van der Waals surface area (Å²) in [5.74, 6) is -0.184. The number of hydrogen-bond donors (Lipinski definition) is 2. The van der Waals surface area contributed by atoms with Gasteiger partial charge in [-0.2, -0.15) is 5.10 Å². The molecule has 1 fully saturated rings. The molecule has 1 amide bonds. The molecular formula is C26H25N5O2. The first kappa shape index (κ1) is 21.1. The van der Waals surface area contributed by atoms with Crippen LogP contribution in [0.15, 0.2) is 73.2 Å². The summed E-state index contributed by atoms with van der Waals surface area (Å²) in [6, 6.07) is 16.1. The number of amides is 1. The molecule has 0 bridgehead atoms. The van der Waals surface area contributed by atoms with Gasteiger partial charge < -0.3 is 10.1 Å². The normalized spacial score (nSPS) is 14.7. The largest absolute Gasteiger partial charge is 0.379 e. The Balaban J connectivity index is 1.25. The third kappa shape index (κ3) is 5.16. The zero-order valence-electron chi connectivity index (χ0n) is 18.2. The number of nitrogens with zero attached hydrogens (tertiary/aromatic N) is 3. The Kier molecular flexibility index (Phi) is 6.23. The van der Waals surface area contributed by atoms with Gasteiger partial charge in [0.2, 0.25) is 5.91 Å². The highest BCUT2D eigenvalue weighted by atomic mass is 16.5. The van der Waals surface area contributed by atoms with Gasteiger partial charge in [0.15, 0.2) is 0 Å². The summed E-state index contributed by atoms with van der Waals surface area (Å²) in [6.07, 6.45) is 8.65. The Labute approximate surface area is 192 Å². The van der Waals surface area contributed by atoms with Crippen molar-refractivity contribution >= 4 is 28.6 Å². The zero-order chi connectivity index (χ0) is 22.5. The number of benzene rings is 2. The molecule has 2 aromatic carbocycles. The smallest absolute Gasteiger partial charge is 0.248 e. The monoisotopic (exact) mass is 439 g/mol. The van der Waals surface area contributed by atoms with Gasteiger partial charge in [-0.25, -0.2) is 0 Å². The van der Waals surface area contributed by atoms with E-state index >= 15 is 0 Å². The second-order valence-corrected chi connectivity index (χ2v) is 8.04. The highest BCUT2D eigenvalue weighted by Crippen LogP contribution is 2.27. The van der Waals surface area contributed by atoms with Gasteiger partial charge in [0.25, 0.3) is 0 Å². The van der Waals surface area contributed by atoms with E-state index in [1.807, 2.05) is 30.3 Å². The van der Waals surface area contributed by atoms with Crippen LogP contribution in [0.4, 0.5) is 5.69 Å². The Bertz CT molecular complexity index is 1270. The number of ether oxygens (including phenoxy) is 1. The molecule has 33 heavy (non-hydrogen) atoms. The van der Waals surface area contributed by atoms with E-state index in [1.54, 1.807) is 30.7 Å². The predicted octanol–water partition coefficient (Wildman–Crippen LogP) is 4.11. The summed E-state index contributed by atoms with van der Waals surface area (Å²) in [6.45, 7) is 4.38. The number of carbonyl (C=O) groups is 1. The number of aromatic nitrogens is 3. The highest BCUT2D eigenvalue weighted by molar-refractivity contribution is 6.02. The van der Waals surface area contributed by atoms with Crippen LogP contribution in [0, 0.1) is 0 Å². The lowest BCUT2D eigenvalue weighted by molar-refractivity contribution is -0.111. The van der Waals surface area contributed by atoms with E-state index in [0.29, 0.717) is 0 Å². The number of rotatable bonds is 6. The van der Waals surface area contributed by atoms with Crippen LogP contribution >= 0.6 is 0 Å². The molecule has 1 saturated heterocycles. The second-order valence-electron chi connectivity index (χ2n) is 8.04. The number of carbonyl (C=O) groups excluding carboxylic acids is 1. The topological polar surface area (TPSA) is 83.1 Å². The fourth-order valence-corrected chi connectivity index (χ4v) is 3.97. The third-order valence-electron chi connectivity index (χ3n) is 5.75. The maximum Gasteiger partial charge on any atom is 0.248 e. The summed E-state index contributed by atoms with van der Waals surface area (Å²) in [5.41, 5.74) is 5.90. The van der Waals surface area contributed by atoms with E-state index in [1.165, 1.54) is 5.56 Å². The van der Waals surface area contributed by atoms with Crippen molar-refractivity contribution in [1.82, 2.24) is 20.1 Å². The number of pyridine rings is 1. The van der Waals surface area contributed by atoms with Gasteiger partial charge in [-0.1, -0.05) is 18.2 Å². The lowest BCUT2D eigenvalue weighted by Crippen LogP contribution is -2.35. The Hall–Kier alpha value is -3.81. The molecule has 4 aromatic rings. The molecule has 7 heteroatoms. The van der Waals surface area contributed by atoms with Crippen molar-refractivity contribution in [3.05, 3.63) is 84.3 Å². The van der Waals surface area contributed by atoms with E-state index in [2.05, 4.69) is 43.6 Å². The highest BCUT2D eigenvalue weighted by Gasteiger charge is 2.11. The van der Waals surface area contributed by atoms with Crippen molar-refractivity contribution in [1.29, 1.82) is 0 Å². The maximum atomic E-state index is 12.5. The molecule has 1 aliphatic heterocycles. The van der Waals surface area contributed by atoms with Crippen LogP contribution in [-0.4, -0.2) is 52.3 Å². The van der Waals surface area contributed by atoms with Gasteiger partial charge in [-0.05, 0) is 53.1 Å². The van der Waals surface area contributed by atoms with Crippen LogP contribution in [-0.2, 0) is 16.1 Å². The quantitative estimate of drug-likeness (QED) is 0.442. The first-order chi connectivity index (χ1) is 16.2. The molecule has 0 aliphatic carbocycles. The first-order valence-corrected chi connectivity index (χ1v) is 11.0. The Morgan fingerprint density at radius 3 is 2.79 bits per heavy atom. The van der Waals surface area contributed by atoms with Crippen LogP contribution in [0.25, 0.3) is 28.1 Å². The molecule has 0 spiro atoms. The van der Waals surface area contributed by atoms with Crippen LogP contribution in [0.1, 0.15) is 11.1 Å². The van der Waals surface area contributed by atoms with Gasteiger partial charge >= 0.3 is 0 Å². The predicted molar refractivity (Wildman–Crippen MR) is 130 cm³/mol. The lowest BCUT2D eigenvalue weighted by atomic mass is 10.0. The standard InChI is InChI=1S/C26H25N5O2/c32-26(29-23-5-1-19(2-6-23)18-31-11-13-33-14-12-31)8-4-21-16-27-10-9-24(21)20-3-7-25-22(15-20)17-28-30-25/h1-10,15-17H,11-14,18H2,(H,28,30)(H,29,32)/b8-4+. The SMILES string of the molecule is O=C(/C=C/c1cnccc1-c1ccc2[nH]ncc2c1)Nc1ccc(CN2CCOCC2)cc1. The summed E-state index contributed by atoms with van der Waals surface area (Å²) in [4.78, 5) is 19.1. The molecule has 2 aromatic heterocycles. The van der Waals surface area contributed by atoms with Crippen LogP contribution in [0.5, 0.6) is 0 Å². The van der Waals surface area contributed by atoms with Crippen LogP contribution in [0.2, 0.25) is 0 Å². The molecule has 0 atom stereocenters. The fourth-order valence-electron chi connectivity index (χ4n) is 3.97. The van der Waals surface area contributed by atoms with Crippen molar-refractivity contribution in [2.75, 3.05) is 31.6 Å². The number of nitrogens with one attached hydrogen (secondary N) is 2. The van der Waals surface area contributed by atoms with Crippen molar-refractivity contribution in [2.45, 2.75) is 6.54 Å². The van der Waals surface area contributed by atoms with Gasteiger partial charge in [-0.3, -0.25) is 19.8 Å². The summed E-state index contributed by atoms with van der Waals surface area (Å²) < 4.78 is 5.40. The van der Waals surface area contributed by atoms with E-state index in [4.69, 9.17) is 4.74 Å². The fraction of sp³-hybridized carbons (Fsp3) is 0.192. The molecule has 166 valence electrons. The number of anilines is 1. The molecule has 5 rings (SSSR count). The number of hydrogen-bond acceptors (Lipinski definition) is 5. The van der Waals surface area contributed by atoms with Crippen molar-refractivity contribution in [3.8, 4) is 11.1 Å². The lowest BCUT2D eigenvalue weighted by Gasteiger charge is -2.26. The third-order valence-corrected chi connectivity index (χ3v) is 5.75. The van der Waals surface area contributed by atoms with Gasteiger partial charge in [0, 0.05) is 54.7 Å². The average Bonchev–Trinajstić information content (AvgIpc) is 3.33. The number of fused-ring (bicyclic) bond motifs is 1. The minimum atomic E-state index is -0.184. The molecule has 7 nitrogen and oxygen atoms in total. The van der Waals surface area contributed by atoms with Crippen molar-refractivity contribution < 1.29 is 9.53 Å². The number of H-pyrrole nitrogens is 1. The van der Waals surface area contributed by atoms with E-state index in [0.717, 1.165) is 66.1 Å².